The molecule has 0 saturated heterocycles. The van der Waals surface area contributed by atoms with E-state index in [0.29, 0.717) is 0 Å². The van der Waals surface area contributed by atoms with Crippen LogP contribution in [0.5, 0.6) is 0 Å². The molecule has 0 N–H and O–H groups in total. The van der Waals surface area contributed by atoms with Gasteiger partial charge < -0.3 is 0 Å². The summed E-state index contributed by atoms with van der Waals surface area (Å²) < 4.78 is 0. The van der Waals surface area contributed by atoms with E-state index >= 15 is 0 Å². The molecule has 0 aliphatic rings. The Morgan fingerprint density at radius 2 is 0.641 bits per heavy atom. The van der Waals surface area contributed by atoms with Crippen LogP contribution < -0.4 is 0 Å². The third-order valence-electron chi connectivity index (χ3n) is 8.69. The van der Waals surface area contributed by atoms with E-state index in [1.54, 1.807) is 11.1 Å². The highest BCUT2D eigenvalue weighted by Crippen LogP contribution is 2.65. The Labute approximate surface area is 245 Å². The van der Waals surface area contributed by atoms with Crippen LogP contribution in [0.25, 0.3) is 0 Å². The van der Waals surface area contributed by atoms with Crippen LogP contribution in [0.3, 0.4) is 0 Å². The van der Waals surface area contributed by atoms with Gasteiger partial charge >= 0.3 is 0 Å². The molecule has 0 unspecified atom stereocenters. The highest BCUT2D eigenvalue weighted by atomic mass is 31.2. The summed E-state index contributed by atoms with van der Waals surface area (Å²) in [6.45, 7) is 4.63. The Balaban J connectivity index is 1.88. The van der Waals surface area contributed by atoms with Gasteiger partial charge in [-0.3, -0.25) is 0 Å². The summed E-state index contributed by atoms with van der Waals surface area (Å²) >= 11 is 0. The Hall–Kier alpha value is -1.13. The number of hydrogen-bond acceptors (Lipinski definition) is 0. The summed E-state index contributed by atoms with van der Waals surface area (Å²) in [6, 6.07) is 23.0. The molecule has 0 aliphatic carbocycles. The van der Waals surface area contributed by atoms with E-state index in [0.717, 1.165) is 0 Å². The molecular formula is C38H64P+. The maximum absolute atomic E-state index is 2.40. The summed E-state index contributed by atoms with van der Waals surface area (Å²) in [5.41, 5.74) is 3.17. The van der Waals surface area contributed by atoms with Crippen LogP contribution in [0.15, 0.2) is 60.7 Å². The van der Waals surface area contributed by atoms with Gasteiger partial charge in [0.15, 0.2) is 0 Å². The second-order valence-corrected chi connectivity index (χ2v) is 16.7. The Kier molecular flexibility index (Phi) is 20.6. The van der Waals surface area contributed by atoms with Crippen molar-refractivity contribution in [1.82, 2.24) is 0 Å². The van der Waals surface area contributed by atoms with Gasteiger partial charge in [-0.05, 0) is 36.8 Å². The molecule has 0 aliphatic heterocycles. The molecule has 39 heavy (non-hydrogen) atoms. The van der Waals surface area contributed by atoms with E-state index in [-0.39, 0.29) is 0 Å². The minimum absolute atomic E-state index is 1.09. The number of hydrogen-bond donors (Lipinski definition) is 0. The monoisotopic (exact) mass is 551 g/mol. The fourth-order valence-corrected chi connectivity index (χ4v) is 11.0. The lowest BCUT2D eigenvalue weighted by Gasteiger charge is -2.29. The van der Waals surface area contributed by atoms with Crippen LogP contribution in [0.4, 0.5) is 0 Å². The van der Waals surface area contributed by atoms with Gasteiger partial charge in [-0.15, -0.1) is 0 Å². The fraction of sp³-hybridized carbons (Fsp3) is 0.684. The lowest BCUT2D eigenvalue weighted by molar-refractivity contribution is 0.561. The van der Waals surface area contributed by atoms with Crippen molar-refractivity contribution in [2.45, 2.75) is 155 Å². The van der Waals surface area contributed by atoms with Crippen molar-refractivity contribution in [3.8, 4) is 0 Å². The quantitative estimate of drug-likeness (QED) is 0.0805. The standard InChI is InChI=1S/C38H64P/c1-3-5-7-9-11-13-15-17-19-27-33-39(35-37-29-23-21-24-30-37,36-38-31-25-22-26-32-38)34-28-20-18-16-14-12-10-8-6-4-2/h21-26,29-32H,3-20,27-28,33-36H2,1-2H3/q+1. The summed E-state index contributed by atoms with van der Waals surface area (Å²) in [5.74, 6) is 0. The Bertz CT molecular complexity index is 700. The van der Waals surface area contributed by atoms with Crippen LogP contribution in [-0.2, 0) is 12.3 Å². The molecule has 0 bridgehead atoms. The molecule has 2 aromatic carbocycles. The predicted octanol–water partition coefficient (Wildman–Crippen LogP) is 13.2. The van der Waals surface area contributed by atoms with Gasteiger partial charge in [0.05, 0.1) is 24.6 Å². The fourth-order valence-electron chi connectivity index (χ4n) is 6.29. The first-order chi connectivity index (χ1) is 19.3. The number of benzene rings is 2. The van der Waals surface area contributed by atoms with Crippen molar-refractivity contribution in [1.29, 1.82) is 0 Å². The summed E-state index contributed by atoms with van der Waals surface area (Å²) in [7, 11) is -1.09. The highest BCUT2D eigenvalue weighted by molar-refractivity contribution is 7.74. The van der Waals surface area contributed by atoms with Gasteiger partial charge in [0.2, 0.25) is 0 Å². The van der Waals surface area contributed by atoms with Crippen LogP contribution in [0.1, 0.15) is 153 Å². The van der Waals surface area contributed by atoms with Crippen molar-refractivity contribution in [3.05, 3.63) is 71.8 Å². The van der Waals surface area contributed by atoms with Crippen molar-refractivity contribution < 1.29 is 0 Å². The van der Waals surface area contributed by atoms with Crippen molar-refractivity contribution in [2.24, 2.45) is 0 Å². The SMILES string of the molecule is CCCCCCCCCCCC[P+](CCCCCCCCCCCC)(Cc1ccccc1)Cc1ccccc1. The molecule has 1 heteroatoms. The molecule has 0 fully saturated rings. The number of rotatable bonds is 26. The van der Waals surface area contributed by atoms with Gasteiger partial charge in [-0.1, -0.05) is 177 Å². The van der Waals surface area contributed by atoms with Crippen LogP contribution >= 0.6 is 7.26 Å². The van der Waals surface area contributed by atoms with Gasteiger partial charge in [-0.2, -0.15) is 0 Å². The summed E-state index contributed by atoms with van der Waals surface area (Å²) in [5, 5.41) is 0. The van der Waals surface area contributed by atoms with E-state index in [4.69, 9.17) is 0 Å². The minimum Gasteiger partial charge on any atom is -0.0654 e. The van der Waals surface area contributed by atoms with Crippen molar-refractivity contribution in [2.75, 3.05) is 12.3 Å². The summed E-state index contributed by atoms with van der Waals surface area (Å²) in [4.78, 5) is 0. The predicted molar refractivity (Wildman–Crippen MR) is 181 cm³/mol. The highest BCUT2D eigenvalue weighted by Gasteiger charge is 2.36. The first-order valence-electron chi connectivity index (χ1n) is 17.2. The molecule has 2 aromatic rings. The molecule has 0 amide bonds. The molecule has 2 rings (SSSR count). The van der Waals surface area contributed by atoms with Gasteiger partial charge in [0.25, 0.3) is 0 Å². The zero-order valence-corrected chi connectivity index (χ0v) is 27.1. The van der Waals surface area contributed by atoms with Crippen molar-refractivity contribution in [3.63, 3.8) is 0 Å². The second kappa shape index (κ2) is 23.6. The Morgan fingerprint density at radius 1 is 0.359 bits per heavy atom. The van der Waals surface area contributed by atoms with E-state index in [1.807, 2.05) is 0 Å². The Morgan fingerprint density at radius 3 is 0.949 bits per heavy atom. The van der Waals surface area contributed by atoms with Crippen LogP contribution in [-0.4, -0.2) is 12.3 Å². The topological polar surface area (TPSA) is 0 Å². The lowest BCUT2D eigenvalue weighted by atomic mass is 10.1. The zero-order valence-electron chi connectivity index (χ0n) is 26.2. The normalized spacial score (nSPS) is 11.7. The van der Waals surface area contributed by atoms with Gasteiger partial charge in [0, 0.05) is 7.26 Å². The smallest absolute Gasteiger partial charge is 0.0654 e. The molecule has 220 valence electrons. The molecule has 0 heterocycles. The molecule has 0 aromatic heterocycles. The minimum atomic E-state index is -1.09. The zero-order chi connectivity index (χ0) is 27.7. The van der Waals surface area contributed by atoms with E-state index < -0.39 is 7.26 Å². The lowest BCUT2D eigenvalue weighted by Crippen LogP contribution is -2.11. The third-order valence-corrected chi connectivity index (χ3v) is 13.3. The van der Waals surface area contributed by atoms with Gasteiger partial charge in [-0.25, -0.2) is 0 Å². The average molecular weight is 552 g/mol. The molecule has 0 nitrogen and oxygen atoms in total. The molecular weight excluding hydrogens is 487 g/mol. The maximum Gasteiger partial charge on any atom is 0.0846 e. The van der Waals surface area contributed by atoms with E-state index in [2.05, 4.69) is 74.5 Å². The molecule has 0 spiro atoms. The first kappa shape index (κ1) is 34.1. The third kappa shape index (κ3) is 17.3. The maximum atomic E-state index is 2.40. The van der Waals surface area contributed by atoms with Crippen LogP contribution in [0.2, 0.25) is 0 Å². The first-order valence-corrected chi connectivity index (χ1v) is 19.7. The number of unbranched alkanes of at least 4 members (excludes halogenated alkanes) is 18. The van der Waals surface area contributed by atoms with Gasteiger partial charge in [0.1, 0.15) is 0 Å². The molecule has 0 radical (unpaired) electrons. The van der Waals surface area contributed by atoms with Crippen molar-refractivity contribution >= 4 is 7.26 Å². The van der Waals surface area contributed by atoms with E-state index in [1.165, 1.54) is 153 Å². The largest absolute Gasteiger partial charge is 0.0846 e. The second-order valence-electron chi connectivity index (χ2n) is 12.4. The van der Waals surface area contributed by atoms with Crippen LogP contribution in [0, 0.1) is 0 Å². The van der Waals surface area contributed by atoms with E-state index in [9.17, 15) is 0 Å². The summed E-state index contributed by atoms with van der Waals surface area (Å²) in [6.07, 6.45) is 34.4. The molecule has 0 saturated carbocycles. The average Bonchev–Trinajstić information content (AvgIpc) is 2.96. The molecule has 0 atom stereocenters.